The van der Waals surface area contributed by atoms with E-state index in [1.54, 1.807) is 6.07 Å². The summed E-state index contributed by atoms with van der Waals surface area (Å²) in [7, 11) is 0. The largest absolute Gasteiger partial charge is 0.416 e. The number of amides is 1. The fraction of sp³-hybridized carbons (Fsp3) is 0.0588. The Morgan fingerprint density at radius 1 is 1.12 bits per heavy atom. The summed E-state index contributed by atoms with van der Waals surface area (Å²) >= 11 is 0. The Morgan fingerprint density at radius 2 is 1.92 bits per heavy atom. The van der Waals surface area contributed by atoms with Gasteiger partial charge < -0.3 is 11.1 Å². The summed E-state index contributed by atoms with van der Waals surface area (Å²) in [4.78, 5) is 23.4. The standard InChI is InChI=1S/C17H12F3N5O/c18-17(19,20)12-2-1-3-13(7-12)24-16-23-5-4-14(25-16)10-6-11(15(21)26)9-22-8-10/h1-9H,(H2,21,26)(H,23,24,25). The van der Waals surface area contributed by atoms with Gasteiger partial charge >= 0.3 is 6.18 Å². The Labute approximate surface area is 145 Å². The molecule has 0 radical (unpaired) electrons. The summed E-state index contributed by atoms with van der Waals surface area (Å²) in [6.07, 6.45) is -0.186. The lowest BCUT2D eigenvalue weighted by Crippen LogP contribution is -2.11. The van der Waals surface area contributed by atoms with Gasteiger partial charge in [0, 0.05) is 29.8 Å². The van der Waals surface area contributed by atoms with E-state index in [4.69, 9.17) is 5.73 Å². The number of nitrogens with one attached hydrogen (secondary N) is 1. The first-order valence-corrected chi connectivity index (χ1v) is 7.35. The molecule has 132 valence electrons. The van der Waals surface area contributed by atoms with Crippen LogP contribution in [0.25, 0.3) is 11.3 Å². The fourth-order valence-electron chi connectivity index (χ4n) is 2.20. The number of nitrogens with two attached hydrogens (primary N) is 1. The molecule has 0 spiro atoms. The molecule has 3 rings (SSSR count). The molecule has 0 atom stereocenters. The molecule has 26 heavy (non-hydrogen) atoms. The van der Waals surface area contributed by atoms with Crippen LogP contribution in [0.3, 0.4) is 0 Å². The quantitative estimate of drug-likeness (QED) is 0.745. The molecule has 0 bridgehead atoms. The molecule has 9 heteroatoms. The van der Waals surface area contributed by atoms with Crippen molar-refractivity contribution in [1.29, 1.82) is 0 Å². The van der Waals surface area contributed by atoms with E-state index in [0.29, 0.717) is 11.3 Å². The lowest BCUT2D eigenvalue weighted by Gasteiger charge is -2.10. The number of primary amides is 1. The number of benzene rings is 1. The van der Waals surface area contributed by atoms with Gasteiger partial charge in [-0.3, -0.25) is 9.78 Å². The number of rotatable bonds is 4. The van der Waals surface area contributed by atoms with Gasteiger partial charge in [0.1, 0.15) is 0 Å². The van der Waals surface area contributed by atoms with Crippen molar-refractivity contribution in [2.24, 2.45) is 5.73 Å². The Hall–Kier alpha value is -3.49. The lowest BCUT2D eigenvalue weighted by atomic mass is 10.1. The van der Waals surface area contributed by atoms with E-state index in [9.17, 15) is 18.0 Å². The molecular weight excluding hydrogens is 347 g/mol. The highest BCUT2D eigenvalue weighted by atomic mass is 19.4. The fourth-order valence-corrected chi connectivity index (χ4v) is 2.20. The van der Waals surface area contributed by atoms with Gasteiger partial charge in [-0.25, -0.2) is 9.97 Å². The first-order chi connectivity index (χ1) is 12.3. The van der Waals surface area contributed by atoms with Crippen LogP contribution in [0, 0.1) is 0 Å². The Morgan fingerprint density at radius 3 is 2.65 bits per heavy atom. The summed E-state index contributed by atoms with van der Waals surface area (Å²) in [6, 6.07) is 7.80. The maximum Gasteiger partial charge on any atom is 0.416 e. The highest BCUT2D eigenvalue weighted by molar-refractivity contribution is 5.93. The van der Waals surface area contributed by atoms with Crippen LogP contribution in [0.2, 0.25) is 0 Å². The first kappa shape index (κ1) is 17.3. The molecule has 0 aliphatic rings. The SMILES string of the molecule is NC(=O)c1cncc(-c2ccnc(Nc3cccc(C(F)(F)F)c3)n2)c1. The molecule has 3 aromatic rings. The number of anilines is 2. The third-order valence-electron chi connectivity index (χ3n) is 3.42. The van der Waals surface area contributed by atoms with Crippen LogP contribution in [-0.2, 0) is 6.18 Å². The topological polar surface area (TPSA) is 93.8 Å². The van der Waals surface area contributed by atoms with Crippen molar-refractivity contribution in [3.8, 4) is 11.3 Å². The Bertz CT molecular complexity index is 959. The molecule has 0 unspecified atom stereocenters. The highest BCUT2D eigenvalue weighted by Crippen LogP contribution is 2.31. The Balaban J connectivity index is 1.89. The van der Waals surface area contributed by atoms with Crippen LogP contribution in [0.4, 0.5) is 24.8 Å². The summed E-state index contributed by atoms with van der Waals surface area (Å²) in [5.41, 5.74) is 5.82. The van der Waals surface area contributed by atoms with Gasteiger partial charge in [-0.05, 0) is 30.3 Å². The van der Waals surface area contributed by atoms with Gasteiger partial charge in [0.15, 0.2) is 0 Å². The summed E-state index contributed by atoms with van der Waals surface area (Å²) < 4.78 is 38.4. The summed E-state index contributed by atoms with van der Waals surface area (Å²) in [6.45, 7) is 0. The van der Waals surface area contributed by atoms with Crippen molar-refractivity contribution in [2.75, 3.05) is 5.32 Å². The van der Waals surface area contributed by atoms with E-state index in [0.717, 1.165) is 12.1 Å². The number of hydrogen-bond donors (Lipinski definition) is 2. The van der Waals surface area contributed by atoms with Crippen LogP contribution in [-0.4, -0.2) is 20.9 Å². The average Bonchev–Trinajstić information content (AvgIpc) is 2.61. The van der Waals surface area contributed by atoms with Crippen molar-refractivity contribution in [1.82, 2.24) is 15.0 Å². The highest BCUT2D eigenvalue weighted by Gasteiger charge is 2.30. The molecule has 1 amide bonds. The van der Waals surface area contributed by atoms with E-state index in [2.05, 4.69) is 20.3 Å². The molecule has 0 saturated carbocycles. The number of carbonyl (C=O) groups is 1. The predicted octanol–water partition coefficient (Wildman–Crippen LogP) is 3.40. The minimum Gasteiger partial charge on any atom is -0.366 e. The zero-order valence-corrected chi connectivity index (χ0v) is 13.2. The average molecular weight is 359 g/mol. The summed E-state index contributed by atoms with van der Waals surface area (Å²) in [5, 5.41) is 2.73. The van der Waals surface area contributed by atoms with E-state index < -0.39 is 17.6 Å². The number of carbonyl (C=O) groups excluding carboxylic acids is 1. The monoisotopic (exact) mass is 359 g/mol. The van der Waals surface area contributed by atoms with Crippen LogP contribution in [0.5, 0.6) is 0 Å². The molecule has 3 N–H and O–H groups in total. The maximum absolute atomic E-state index is 12.8. The first-order valence-electron chi connectivity index (χ1n) is 7.35. The van der Waals surface area contributed by atoms with Crippen molar-refractivity contribution in [3.05, 3.63) is 66.1 Å². The molecule has 0 aliphatic heterocycles. The number of aromatic nitrogens is 3. The third kappa shape index (κ3) is 3.94. The second kappa shape index (κ2) is 6.79. The molecule has 2 heterocycles. The zero-order chi connectivity index (χ0) is 18.7. The third-order valence-corrected chi connectivity index (χ3v) is 3.42. The minimum absolute atomic E-state index is 0.103. The van der Waals surface area contributed by atoms with Crippen LogP contribution in [0.1, 0.15) is 15.9 Å². The number of nitrogens with zero attached hydrogens (tertiary/aromatic N) is 3. The smallest absolute Gasteiger partial charge is 0.366 e. The number of alkyl halides is 3. The van der Waals surface area contributed by atoms with Gasteiger partial charge in [0.25, 0.3) is 0 Å². The van der Waals surface area contributed by atoms with Crippen molar-refractivity contribution in [3.63, 3.8) is 0 Å². The number of halogens is 3. The zero-order valence-electron chi connectivity index (χ0n) is 13.2. The molecule has 2 aromatic heterocycles. The molecule has 1 aromatic carbocycles. The molecule has 6 nitrogen and oxygen atoms in total. The van der Waals surface area contributed by atoms with Gasteiger partial charge in [0.05, 0.1) is 16.8 Å². The minimum atomic E-state index is -4.44. The van der Waals surface area contributed by atoms with Gasteiger partial charge in [-0.15, -0.1) is 0 Å². The van der Waals surface area contributed by atoms with Crippen molar-refractivity contribution in [2.45, 2.75) is 6.18 Å². The summed E-state index contributed by atoms with van der Waals surface area (Å²) in [5.74, 6) is -0.526. The van der Waals surface area contributed by atoms with Gasteiger partial charge in [-0.2, -0.15) is 13.2 Å². The number of pyridine rings is 1. The Kier molecular flexibility index (Phi) is 4.53. The van der Waals surface area contributed by atoms with E-state index in [1.165, 1.54) is 36.8 Å². The van der Waals surface area contributed by atoms with E-state index in [-0.39, 0.29) is 17.2 Å². The van der Waals surface area contributed by atoms with Crippen LogP contribution < -0.4 is 11.1 Å². The molecule has 0 fully saturated rings. The molecule has 0 aliphatic carbocycles. The lowest BCUT2D eigenvalue weighted by molar-refractivity contribution is -0.137. The second-order valence-electron chi connectivity index (χ2n) is 5.30. The normalized spacial score (nSPS) is 11.2. The van der Waals surface area contributed by atoms with Crippen molar-refractivity contribution >= 4 is 17.5 Å². The van der Waals surface area contributed by atoms with Crippen LogP contribution >= 0.6 is 0 Å². The predicted molar refractivity (Wildman–Crippen MR) is 88.5 cm³/mol. The maximum atomic E-state index is 12.8. The molecular formula is C17H12F3N5O. The van der Waals surface area contributed by atoms with Crippen LogP contribution in [0.15, 0.2) is 55.0 Å². The van der Waals surface area contributed by atoms with Gasteiger partial charge in [0.2, 0.25) is 11.9 Å². The van der Waals surface area contributed by atoms with Gasteiger partial charge in [-0.1, -0.05) is 6.07 Å². The van der Waals surface area contributed by atoms with Crippen molar-refractivity contribution < 1.29 is 18.0 Å². The molecule has 0 saturated heterocycles. The van der Waals surface area contributed by atoms with E-state index >= 15 is 0 Å². The number of hydrogen-bond acceptors (Lipinski definition) is 5. The second-order valence-corrected chi connectivity index (χ2v) is 5.30. The van der Waals surface area contributed by atoms with E-state index in [1.807, 2.05) is 0 Å².